The first-order valence-corrected chi connectivity index (χ1v) is 9.48. The zero-order valence-electron chi connectivity index (χ0n) is 14.9. The van der Waals surface area contributed by atoms with Gasteiger partial charge in [-0.25, -0.2) is 9.36 Å². The predicted octanol–water partition coefficient (Wildman–Crippen LogP) is 4.21. The Labute approximate surface area is 160 Å². The fourth-order valence-electron chi connectivity index (χ4n) is 3.21. The first-order chi connectivity index (χ1) is 13.1. The van der Waals surface area contributed by atoms with Crippen molar-refractivity contribution < 1.29 is 0 Å². The average molecular weight is 374 g/mol. The van der Waals surface area contributed by atoms with Crippen molar-refractivity contribution in [3.8, 4) is 5.69 Å². The molecule has 0 saturated carbocycles. The standard InChI is InChI=1S/C22H18N2O2S/c1-3-16-8-10-17(11-9-16)14-23-19-12-13-27-20(19)21(25)24(22(23)26)18-7-5-4-6-15(18)2/h3-13H,1,14H2,2H3. The summed E-state index contributed by atoms with van der Waals surface area (Å²) in [6.45, 7) is 6.06. The van der Waals surface area contributed by atoms with Gasteiger partial charge in [0.25, 0.3) is 5.56 Å². The van der Waals surface area contributed by atoms with Crippen LogP contribution in [-0.2, 0) is 6.54 Å². The minimum atomic E-state index is -0.326. The van der Waals surface area contributed by atoms with E-state index >= 15 is 0 Å². The van der Waals surface area contributed by atoms with Gasteiger partial charge >= 0.3 is 5.69 Å². The third-order valence-electron chi connectivity index (χ3n) is 4.67. The van der Waals surface area contributed by atoms with Crippen LogP contribution in [0, 0.1) is 6.92 Å². The normalized spacial score (nSPS) is 11.0. The highest BCUT2D eigenvalue weighted by atomic mass is 32.1. The Balaban J connectivity index is 1.96. The topological polar surface area (TPSA) is 44.0 Å². The van der Waals surface area contributed by atoms with Crippen molar-refractivity contribution >= 4 is 27.6 Å². The van der Waals surface area contributed by atoms with E-state index < -0.39 is 0 Å². The molecule has 0 amide bonds. The van der Waals surface area contributed by atoms with Gasteiger partial charge in [-0.15, -0.1) is 11.3 Å². The van der Waals surface area contributed by atoms with Crippen LogP contribution in [0.4, 0.5) is 0 Å². The fourth-order valence-corrected chi connectivity index (χ4v) is 4.03. The van der Waals surface area contributed by atoms with E-state index in [2.05, 4.69) is 6.58 Å². The summed E-state index contributed by atoms with van der Waals surface area (Å²) in [5, 5.41) is 1.85. The molecule has 2 aromatic heterocycles. The van der Waals surface area contributed by atoms with Gasteiger partial charge in [0.2, 0.25) is 0 Å². The van der Waals surface area contributed by atoms with E-state index in [4.69, 9.17) is 0 Å². The number of benzene rings is 2. The largest absolute Gasteiger partial charge is 0.336 e. The van der Waals surface area contributed by atoms with Crippen molar-refractivity contribution in [2.45, 2.75) is 13.5 Å². The molecule has 0 saturated heterocycles. The lowest BCUT2D eigenvalue weighted by atomic mass is 10.1. The van der Waals surface area contributed by atoms with Gasteiger partial charge in [0, 0.05) is 0 Å². The molecule has 134 valence electrons. The molecule has 4 aromatic rings. The Morgan fingerprint density at radius 3 is 2.48 bits per heavy atom. The highest BCUT2D eigenvalue weighted by Gasteiger charge is 2.16. The highest BCUT2D eigenvalue weighted by molar-refractivity contribution is 7.17. The number of aromatic nitrogens is 2. The number of rotatable bonds is 4. The molecule has 0 N–H and O–H groups in total. The molecule has 5 heteroatoms. The molecule has 0 aliphatic rings. The maximum absolute atomic E-state index is 13.3. The van der Waals surface area contributed by atoms with Gasteiger partial charge < -0.3 is 0 Å². The van der Waals surface area contributed by atoms with Crippen LogP contribution in [0.25, 0.3) is 22.0 Å². The molecule has 0 fully saturated rings. The zero-order valence-corrected chi connectivity index (χ0v) is 15.7. The number of thiophene rings is 1. The quantitative estimate of drug-likeness (QED) is 0.537. The highest BCUT2D eigenvalue weighted by Crippen LogP contribution is 2.19. The van der Waals surface area contributed by atoms with Crippen molar-refractivity contribution in [2.75, 3.05) is 0 Å². The Kier molecular flexibility index (Phi) is 4.38. The molecule has 27 heavy (non-hydrogen) atoms. The SMILES string of the molecule is C=Cc1ccc(Cn2c(=O)n(-c3ccccc3C)c(=O)c3sccc32)cc1. The summed E-state index contributed by atoms with van der Waals surface area (Å²) < 4.78 is 3.54. The molecule has 0 spiro atoms. The number of hydrogen-bond acceptors (Lipinski definition) is 3. The molecule has 0 bridgehead atoms. The van der Waals surface area contributed by atoms with Gasteiger partial charge in [0.15, 0.2) is 0 Å². The molecule has 0 atom stereocenters. The molecule has 4 rings (SSSR count). The summed E-state index contributed by atoms with van der Waals surface area (Å²) in [6.07, 6.45) is 1.78. The smallest absolute Gasteiger partial charge is 0.288 e. The third kappa shape index (κ3) is 2.96. The molecule has 4 nitrogen and oxygen atoms in total. The summed E-state index contributed by atoms with van der Waals surface area (Å²) >= 11 is 1.36. The van der Waals surface area contributed by atoms with Crippen molar-refractivity contribution in [1.82, 2.24) is 9.13 Å². The summed E-state index contributed by atoms with van der Waals surface area (Å²) in [7, 11) is 0. The third-order valence-corrected chi connectivity index (χ3v) is 5.56. The van der Waals surface area contributed by atoms with Crippen molar-refractivity contribution in [2.24, 2.45) is 0 Å². The summed E-state index contributed by atoms with van der Waals surface area (Å²) in [5.41, 5.74) is 3.60. The van der Waals surface area contributed by atoms with Crippen molar-refractivity contribution in [3.63, 3.8) is 0 Å². The number of nitrogens with zero attached hydrogens (tertiary/aromatic N) is 2. The van der Waals surface area contributed by atoms with Gasteiger partial charge in [-0.2, -0.15) is 0 Å². The lowest BCUT2D eigenvalue weighted by Crippen LogP contribution is -2.39. The van der Waals surface area contributed by atoms with Crippen molar-refractivity contribution in [3.05, 3.63) is 104 Å². The van der Waals surface area contributed by atoms with Gasteiger partial charge in [-0.05, 0) is 41.1 Å². The number of para-hydroxylation sites is 1. The van der Waals surface area contributed by atoms with Gasteiger partial charge in [-0.1, -0.05) is 55.1 Å². The van der Waals surface area contributed by atoms with Crippen molar-refractivity contribution in [1.29, 1.82) is 0 Å². The molecule has 2 aromatic carbocycles. The number of hydrogen-bond donors (Lipinski definition) is 0. The molecule has 0 aliphatic heterocycles. The van der Waals surface area contributed by atoms with E-state index in [-0.39, 0.29) is 11.2 Å². The second-order valence-electron chi connectivity index (χ2n) is 6.38. The first kappa shape index (κ1) is 17.2. The van der Waals surface area contributed by atoms with E-state index in [0.717, 1.165) is 16.7 Å². The number of fused-ring (bicyclic) bond motifs is 1. The van der Waals surface area contributed by atoms with E-state index in [1.807, 2.05) is 60.8 Å². The number of aryl methyl sites for hydroxylation is 1. The van der Waals surface area contributed by atoms with Gasteiger partial charge in [0.1, 0.15) is 4.70 Å². The summed E-state index contributed by atoms with van der Waals surface area (Å²) in [5.74, 6) is 0. The van der Waals surface area contributed by atoms with E-state index in [1.165, 1.54) is 15.9 Å². The van der Waals surface area contributed by atoms with E-state index in [9.17, 15) is 9.59 Å². The van der Waals surface area contributed by atoms with Crippen LogP contribution in [0.2, 0.25) is 0 Å². The Morgan fingerprint density at radius 2 is 1.78 bits per heavy atom. The molecular weight excluding hydrogens is 356 g/mol. The minimum absolute atomic E-state index is 0.266. The minimum Gasteiger partial charge on any atom is -0.288 e. The van der Waals surface area contributed by atoms with Crippen LogP contribution in [0.1, 0.15) is 16.7 Å². The van der Waals surface area contributed by atoms with Crippen LogP contribution < -0.4 is 11.2 Å². The van der Waals surface area contributed by atoms with E-state index in [1.54, 1.807) is 16.7 Å². The van der Waals surface area contributed by atoms with E-state index in [0.29, 0.717) is 22.4 Å². The maximum atomic E-state index is 13.3. The van der Waals surface area contributed by atoms with Crippen LogP contribution in [-0.4, -0.2) is 9.13 Å². The van der Waals surface area contributed by atoms with Gasteiger partial charge in [-0.3, -0.25) is 9.36 Å². The van der Waals surface area contributed by atoms with Gasteiger partial charge in [0.05, 0.1) is 17.7 Å². The predicted molar refractivity (Wildman–Crippen MR) is 112 cm³/mol. The maximum Gasteiger partial charge on any atom is 0.336 e. The molecular formula is C22H18N2O2S. The summed E-state index contributed by atoms with van der Waals surface area (Å²) in [6, 6.07) is 17.2. The molecule has 2 heterocycles. The zero-order chi connectivity index (χ0) is 19.0. The monoisotopic (exact) mass is 374 g/mol. The second-order valence-corrected chi connectivity index (χ2v) is 7.29. The Morgan fingerprint density at radius 1 is 1.04 bits per heavy atom. The van der Waals surface area contributed by atoms with Crippen LogP contribution in [0.5, 0.6) is 0 Å². The first-order valence-electron chi connectivity index (χ1n) is 8.60. The molecule has 0 radical (unpaired) electrons. The Bertz CT molecular complexity index is 1260. The second kappa shape index (κ2) is 6.85. The van der Waals surface area contributed by atoms with Crippen LogP contribution >= 0.6 is 11.3 Å². The molecule has 0 aliphatic carbocycles. The van der Waals surface area contributed by atoms with Crippen LogP contribution in [0.3, 0.4) is 0 Å². The fraction of sp³-hybridized carbons (Fsp3) is 0.0909. The average Bonchev–Trinajstić information content (AvgIpc) is 3.17. The summed E-state index contributed by atoms with van der Waals surface area (Å²) in [4.78, 5) is 26.3. The lowest BCUT2D eigenvalue weighted by Gasteiger charge is -2.14. The lowest BCUT2D eigenvalue weighted by molar-refractivity contribution is 0.715. The Hall–Kier alpha value is -3.18. The van der Waals surface area contributed by atoms with Crippen LogP contribution in [0.15, 0.2) is 76.1 Å². The molecule has 0 unspecified atom stereocenters.